The van der Waals surface area contributed by atoms with Crippen molar-refractivity contribution in [2.75, 3.05) is 0 Å². The van der Waals surface area contributed by atoms with E-state index in [0.29, 0.717) is 0 Å². The highest BCUT2D eigenvalue weighted by Gasteiger charge is 2.12. The smallest absolute Gasteiger partial charge is 0.115 e. The summed E-state index contributed by atoms with van der Waals surface area (Å²) in [5, 5.41) is 0. The largest absolute Gasteiger partial charge is 0.252 e. The Morgan fingerprint density at radius 2 is 2.15 bits per heavy atom. The molecule has 68 valence electrons. The molecule has 0 bridgehead atoms. The molecule has 0 aromatic carbocycles. The van der Waals surface area contributed by atoms with Gasteiger partial charge in [-0.05, 0) is 33.5 Å². The molecule has 2 rings (SSSR count). The van der Waals surface area contributed by atoms with Gasteiger partial charge in [-0.15, -0.1) is 0 Å². The molecule has 0 spiro atoms. The molecule has 0 amide bonds. The summed E-state index contributed by atoms with van der Waals surface area (Å²) in [6, 6.07) is 2.02. The van der Waals surface area contributed by atoms with E-state index in [0.717, 1.165) is 20.4 Å². The van der Waals surface area contributed by atoms with Crippen LogP contribution in [0.1, 0.15) is 9.43 Å². The minimum absolute atomic E-state index is 0.0717. The van der Waals surface area contributed by atoms with Gasteiger partial charge in [0.2, 0.25) is 0 Å². The number of aromatic nitrogens is 2. The molecule has 2 heterocycles. The SMILES string of the molecule is Brc1cnc2c(C(Br)Br)nsc2c1. The lowest BCUT2D eigenvalue weighted by Gasteiger charge is -1.95. The van der Waals surface area contributed by atoms with E-state index in [2.05, 4.69) is 57.1 Å². The number of halogens is 3. The standard InChI is InChI=1S/C7H3Br3N2S/c8-3-1-4-5(11-2-3)6(7(9)10)12-13-4/h1-2,7H. The van der Waals surface area contributed by atoms with E-state index in [1.807, 2.05) is 6.07 Å². The van der Waals surface area contributed by atoms with E-state index in [1.54, 1.807) is 6.20 Å². The number of hydrogen-bond acceptors (Lipinski definition) is 3. The molecule has 0 fully saturated rings. The van der Waals surface area contributed by atoms with Crippen molar-refractivity contribution < 1.29 is 0 Å². The molecule has 0 aliphatic carbocycles. The van der Waals surface area contributed by atoms with Crippen LogP contribution in [0.3, 0.4) is 0 Å². The van der Waals surface area contributed by atoms with Crippen LogP contribution in [-0.2, 0) is 0 Å². The zero-order valence-corrected chi connectivity index (χ0v) is 11.7. The van der Waals surface area contributed by atoms with Gasteiger partial charge in [0.05, 0.1) is 4.70 Å². The third kappa shape index (κ3) is 1.95. The Hall–Kier alpha value is 0.480. The van der Waals surface area contributed by atoms with E-state index < -0.39 is 0 Å². The summed E-state index contributed by atoms with van der Waals surface area (Å²) in [5.41, 5.74) is 1.89. The Morgan fingerprint density at radius 1 is 1.38 bits per heavy atom. The summed E-state index contributed by atoms with van der Waals surface area (Å²) in [6.45, 7) is 0. The molecule has 0 unspecified atom stereocenters. The van der Waals surface area contributed by atoms with E-state index in [1.165, 1.54) is 11.5 Å². The summed E-state index contributed by atoms with van der Waals surface area (Å²) in [5.74, 6) is 0. The second kappa shape index (κ2) is 3.92. The summed E-state index contributed by atoms with van der Waals surface area (Å²) >= 11 is 11.6. The Bertz CT molecular complexity index is 440. The Labute approximate surface area is 104 Å². The first-order chi connectivity index (χ1) is 6.18. The quantitative estimate of drug-likeness (QED) is 0.685. The van der Waals surface area contributed by atoms with Crippen molar-refractivity contribution in [2.45, 2.75) is 3.74 Å². The van der Waals surface area contributed by atoms with Gasteiger partial charge in [0.1, 0.15) is 14.9 Å². The topological polar surface area (TPSA) is 25.8 Å². The van der Waals surface area contributed by atoms with Crippen LogP contribution in [0.25, 0.3) is 10.2 Å². The third-order valence-electron chi connectivity index (χ3n) is 1.51. The highest BCUT2D eigenvalue weighted by Crippen LogP contribution is 2.35. The second-order valence-corrected chi connectivity index (χ2v) is 7.15. The lowest BCUT2D eigenvalue weighted by molar-refractivity contribution is 1.28. The molecular weight excluding hydrogens is 384 g/mol. The Balaban J connectivity index is 2.69. The summed E-state index contributed by atoms with van der Waals surface area (Å²) in [4.78, 5) is 4.30. The maximum absolute atomic E-state index is 4.30. The van der Waals surface area contributed by atoms with Crippen molar-refractivity contribution in [3.63, 3.8) is 0 Å². The monoisotopic (exact) mass is 384 g/mol. The minimum atomic E-state index is 0.0717. The van der Waals surface area contributed by atoms with Crippen LogP contribution < -0.4 is 0 Å². The van der Waals surface area contributed by atoms with Crippen molar-refractivity contribution >= 4 is 69.5 Å². The van der Waals surface area contributed by atoms with Gasteiger partial charge in [-0.1, -0.05) is 31.9 Å². The van der Waals surface area contributed by atoms with E-state index in [-0.39, 0.29) is 3.74 Å². The zero-order chi connectivity index (χ0) is 9.42. The van der Waals surface area contributed by atoms with Gasteiger partial charge >= 0.3 is 0 Å². The van der Waals surface area contributed by atoms with Crippen LogP contribution in [0, 0.1) is 0 Å². The van der Waals surface area contributed by atoms with E-state index >= 15 is 0 Å². The van der Waals surface area contributed by atoms with Crippen LogP contribution in [0.15, 0.2) is 16.7 Å². The van der Waals surface area contributed by atoms with Crippen molar-refractivity contribution in [3.05, 3.63) is 22.4 Å². The summed E-state index contributed by atoms with van der Waals surface area (Å²) in [6.07, 6.45) is 1.78. The molecule has 2 nitrogen and oxygen atoms in total. The van der Waals surface area contributed by atoms with Gasteiger partial charge < -0.3 is 0 Å². The van der Waals surface area contributed by atoms with Crippen molar-refractivity contribution in [3.8, 4) is 0 Å². The number of nitrogens with zero attached hydrogens (tertiary/aromatic N) is 2. The number of fused-ring (bicyclic) bond motifs is 1. The minimum Gasteiger partial charge on any atom is -0.252 e. The van der Waals surface area contributed by atoms with Gasteiger partial charge in [-0.2, -0.15) is 4.37 Å². The first kappa shape index (κ1) is 10.0. The van der Waals surface area contributed by atoms with Crippen LogP contribution in [0.2, 0.25) is 0 Å². The second-order valence-electron chi connectivity index (χ2n) is 2.37. The zero-order valence-electron chi connectivity index (χ0n) is 6.17. The average molecular weight is 387 g/mol. The average Bonchev–Trinajstić information content (AvgIpc) is 2.46. The van der Waals surface area contributed by atoms with Gasteiger partial charge in [-0.3, -0.25) is 4.98 Å². The fraction of sp³-hybridized carbons (Fsp3) is 0.143. The number of rotatable bonds is 1. The molecule has 0 radical (unpaired) electrons. The van der Waals surface area contributed by atoms with Gasteiger partial charge in [0.15, 0.2) is 0 Å². The molecule has 0 aliphatic heterocycles. The lowest BCUT2D eigenvalue weighted by atomic mass is 10.3. The predicted molar refractivity (Wildman–Crippen MR) is 65.7 cm³/mol. The predicted octanol–water partition coefficient (Wildman–Crippen LogP) is 4.24. The first-order valence-electron chi connectivity index (χ1n) is 3.37. The van der Waals surface area contributed by atoms with Gasteiger partial charge in [0.25, 0.3) is 0 Å². The molecule has 2 aromatic heterocycles. The molecular formula is C7H3Br3N2S. The van der Waals surface area contributed by atoms with Gasteiger partial charge in [0, 0.05) is 10.7 Å². The molecule has 6 heteroatoms. The fourth-order valence-corrected chi connectivity index (χ4v) is 3.17. The first-order valence-corrected chi connectivity index (χ1v) is 6.77. The molecule has 0 atom stereocenters. The molecule has 0 aliphatic rings. The highest BCUT2D eigenvalue weighted by atomic mass is 79.9. The Kier molecular flexibility index (Phi) is 3.02. The fourth-order valence-electron chi connectivity index (χ4n) is 0.967. The van der Waals surface area contributed by atoms with Crippen molar-refractivity contribution in [1.29, 1.82) is 0 Å². The highest BCUT2D eigenvalue weighted by molar-refractivity contribution is 9.24. The van der Waals surface area contributed by atoms with Crippen molar-refractivity contribution in [2.24, 2.45) is 0 Å². The Morgan fingerprint density at radius 3 is 2.85 bits per heavy atom. The van der Waals surface area contributed by atoms with Gasteiger partial charge in [-0.25, -0.2) is 0 Å². The van der Waals surface area contributed by atoms with Crippen LogP contribution >= 0.6 is 59.3 Å². The van der Waals surface area contributed by atoms with Crippen molar-refractivity contribution in [1.82, 2.24) is 9.36 Å². The molecule has 13 heavy (non-hydrogen) atoms. The molecule has 0 saturated carbocycles. The summed E-state index contributed by atoms with van der Waals surface area (Å²) in [7, 11) is 0. The molecule has 0 saturated heterocycles. The maximum atomic E-state index is 4.30. The molecule has 0 N–H and O–H groups in total. The summed E-state index contributed by atoms with van der Waals surface area (Å²) < 4.78 is 6.45. The van der Waals surface area contributed by atoms with Crippen LogP contribution in [0.4, 0.5) is 0 Å². The number of hydrogen-bond donors (Lipinski definition) is 0. The van der Waals surface area contributed by atoms with E-state index in [9.17, 15) is 0 Å². The normalized spacial score (nSPS) is 11.4. The maximum Gasteiger partial charge on any atom is 0.115 e. The number of alkyl halides is 2. The van der Waals surface area contributed by atoms with Crippen LogP contribution in [0.5, 0.6) is 0 Å². The van der Waals surface area contributed by atoms with Crippen LogP contribution in [-0.4, -0.2) is 9.36 Å². The molecule has 2 aromatic rings. The van der Waals surface area contributed by atoms with E-state index in [4.69, 9.17) is 0 Å². The third-order valence-corrected chi connectivity index (χ3v) is 3.61. The lowest BCUT2D eigenvalue weighted by Crippen LogP contribution is -1.82. The number of pyridine rings is 1.